The van der Waals surface area contributed by atoms with Crippen molar-refractivity contribution < 1.29 is 4.79 Å². The Morgan fingerprint density at radius 1 is 1.33 bits per heavy atom. The van der Waals surface area contributed by atoms with Crippen LogP contribution in [0.2, 0.25) is 0 Å². The van der Waals surface area contributed by atoms with Crippen molar-refractivity contribution in [2.45, 2.75) is 33.9 Å². The van der Waals surface area contributed by atoms with Crippen molar-refractivity contribution in [3.05, 3.63) is 52.8 Å². The second kappa shape index (κ2) is 7.18. The lowest BCUT2D eigenvalue weighted by atomic mass is 9.88. The first-order chi connectivity index (χ1) is 11.6. The normalized spacial score (nSPS) is 15.8. The summed E-state index contributed by atoms with van der Waals surface area (Å²) in [6, 6.07) is 10.3. The highest BCUT2D eigenvalue weighted by atomic mass is 16.1. The van der Waals surface area contributed by atoms with Gasteiger partial charge in [0.1, 0.15) is 0 Å². The average Bonchev–Trinajstić information content (AvgIpc) is 2.78. The zero-order valence-corrected chi connectivity index (χ0v) is 14.7. The van der Waals surface area contributed by atoms with E-state index >= 15 is 0 Å². The zero-order chi connectivity index (χ0) is 17.1. The van der Waals surface area contributed by atoms with Crippen molar-refractivity contribution in [3.8, 4) is 0 Å². The first kappa shape index (κ1) is 16.7. The van der Waals surface area contributed by atoms with E-state index < -0.39 is 0 Å². The molecule has 1 saturated heterocycles. The fourth-order valence-electron chi connectivity index (χ4n) is 3.12. The van der Waals surface area contributed by atoms with E-state index in [0.717, 1.165) is 36.6 Å². The van der Waals surface area contributed by atoms with E-state index in [1.807, 2.05) is 36.7 Å². The van der Waals surface area contributed by atoms with Crippen molar-refractivity contribution in [2.75, 3.05) is 13.1 Å². The minimum Gasteiger partial charge on any atom is -0.352 e. The van der Waals surface area contributed by atoms with Crippen LogP contribution in [0, 0.1) is 25.7 Å². The van der Waals surface area contributed by atoms with Crippen LogP contribution in [0.4, 0.5) is 0 Å². The number of carbonyl (C=O) groups excluding carboxylic acids is 1. The number of hydrogen-bond acceptors (Lipinski definition) is 3. The fourth-order valence-corrected chi connectivity index (χ4v) is 3.12. The predicted molar refractivity (Wildman–Crippen MR) is 94.6 cm³/mol. The molecule has 24 heavy (non-hydrogen) atoms. The Labute approximate surface area is 143 Å². The molecule has 2 heterocycles. The van der Waals surface area contributed by atoms with Crippen molar-refractivity contribution in [2.24, 2.45) is 11.8 Å². The van der Waals surface area contributed by atoms with Crippen molar-refractivity contribution >= 4 is 5.91 Å². The number of aryl methyl sites for hydroxylation is 1. The molecular weight excluding hydrogens is 300 g/mol. The number of nitrogens with one attached hydrogen (secondary N) is 2. The summed E-state index contributed by atoms with van der Waals surface area (Å²) in [6.45, 7) is 9.29. The summed E-state index contributed by atoms with van der Waals surface area (Å²) in [5, 5.41) is 11.0. The Hall–Kier alpha value is -2.14. The fraction of sp³-hybridized carbons (Fsp3) is 0.474. The van der Waals surface area contributed by atoms with Gasteiger partial charge in [0.15, 0.2) is 0 Å². The summed E-state index contributed by atoms with van der Waals surface area (Å²) in [7, 11) is 0. The van der Waals surface area contributed by atoms with Crippen LogP contribution in [0.1, 0.15) is 29.4 Å². The predicted octanol–water partition coefficient (Wildman–Crippen LogP) is 2.02. The molecule has 1 aliphatic rings. The number of carbonyl (C=O) groups is 1. The zero-order valence-electron chi connectivity index (χ0n) is 14.7. The summed E-state index contributed by atoms with van der Waals surface area (Å²) < 4.78 is 2.02. The number of rotatable bonds is 6. The third-order valence-corrected chi connectivity index (χ3v) is 5.08. The lowest BCUT2D eigenvalue weighted by molar-refractivity contribution is -0.126. The molecule has 3 rings (SSSR count). The molecule has 2 N–H and O–H groups in total. The molecule has 0 saturated carbocycles. The smallest absolute Gasteiger partial charge is 0.223 e. The molecule has 1 aliphatic heterocycles. The summed E-state index contributed by atoms with van der Waals surface area (Å²) in [5.41, 5.74) is 4.46. The maximum atomic E-state index is 12.3. The minimum atomic E-state index is 0.0613. The van der Waals surface area contributed by atoms with Gasteiger partial charge in [-0.3, -0.25) is 9.48 Å². The van der Waals surface area contributed by atoms with Gasteiger partial charge in [-0.05, 0) is 38.4 Å². The third-order valence-electron chi connectivity index (χ3n) is 5.08. The van der Waals surface area contributed by atoms with Gasteiger partial charge in [-0.2, -0.15) is 5.10 Å². The van der Waals surface area contributed by atoms with Crippen LogP contribution in [0.5, 0.6) is 0 Å². The highest BCUT2D eigenvalue weighted by Gasteiger charge is 2.28. The van der Waals surface area contributed by atoms with E-state index in [-0.39, 0.29) is 11.8 Å². The summed E-state index contributed by atoms with van der Waals surface area (Å²) in [6.07, 6.45) is 0. The molecule has 0 radical (unpaired) electrons. The molecular formula is C19H26N4O. The molecule has 2 aromatic rings. The molecule has 1 amide bonds. The van der Waals surface area contributed by atoms with Crippen LogP contribution in [0.15, 0.2) is 30.3 Å². The molecule has 1 aromatic heterocycles. The van der Waals surface area contributed by atoms with Gasteiger partial charge >= 0.3 is 0 Å². The molecule has 128 valence electrons. The van der Waals surface area contributed by atoms with Gasteiger partial charge in [0, 0.05) is 23.7 Å². The van der Waals surface area contributed by atoms with Crippen LogP contribution >= 0.6 is 0 Å². The maximum absolute atomic E-state index is 12.3. The van der Waals surface area contributed by atoms with E-state index in [1.54, 1.807) is 0 Å². The van der Waals surface area contributed by atoms with Gasteiger partial charge in [0.2, 0.25) is 5.91 Å². The molecule has 1 unspecified atom stereocenters. The highest BCUT2D eigenvalue weighted by molar-refractivity contribution is 5.78. The molecule has 5 nitrogen and oxygen atoms in total. The topological polar surface area (TPSA) is 59.0 Å². The van der Waals surface area contributed by atoms with Gasteiger partial charge in [-0.15, -0.1) is 0 Å². The largest absolute Gasteiger partial charge is 0.352 e. The number of nitrogens with zero attached hydrogens (tertiary/aromatic N) is 2. The van der Waals surface area contributed by atoms with Crippen LogP contribution in [0.3, 0.4) is 0 Å². The van der Waals surface area contributed by atoms with E-state index in [1.165, 1.54) is 5.56 Å². The number of benzene rings is 1. The molecule has 0 bridgehead atoms. The quantitative estimate of drug-likeness (QED) is 0.854. The SMILES string of the molecule is Cc1nn(Cc2ccccc2)c(C)c1CNC(=O)C(C)C1CNC1. The Kier molecular flexibility index (Phi) is 5.00. The van der Waals surface area contributed by atoms with Gasteiger partial charge < -0.3 is 10.6 Å². The van der Waals surface area contributed by atoms with Gasteiger partial charge in [-0.25, -0.2) is 0 Å². The first-order valence-electron chi connectivity index (χ1n) is 8.61. The van der Waals surface area contributed by atoms with E-state index in [9.17, 15) is 4.79 Å². The third kappa shape index (κ3) is 3.51. The van der Waals surface area contributed by atoms with Crippen molar-refractivity contribution in [1.29, 1.82) is 0 Å². The van der Waals surface area contributed by atoms with Crippen LogP contribution < -0.4 is 10.6 Å². The Balaban J connectivity index is 1.64. The first-order valence-corrected chi connectivity index (χ1v) is 8.61. The van der Waals surface area contributed by atoms with E-state index in [0.29, 0.717) is 12.5 Å². The van der Waals surface area contributed by atoms with E-state index in [2.05, 4.69) is 34.8 Å². The van der Waals surface area contributed by atoms with Gasteiger partial charge in [0.25, 0.3) is 0 Å². The van der Waals surface area contributed by atoms with Crippen molar-refractivity contribution in [1.82, 2.24) is 20.4 Å². The van der Waals surface area contributed by atoms with Crippen molar-refractivity contribution in [3.63, 3.8) is 0 Å². The molecule has 0 aliphatic carbocycles. The number of aromatic nitrogens is 2. The number of amides is 1. The lowest BCUT2D eigenvalue weighted by Gasteiger charge is -2.31. The summed E-state index contributed by atoms with van der Waals surface area (Å²) in [4.78, 5) is 12.3. The molecule has 1 aromatic carbocycles. The minimum absolute atomic E-state index is 0.0613. The summed E-state index contributed by atoms with van der Waals surface area (Å²) in [5.74, 6) is 0.662. The molecule has 0 spiro atoms. The second-order valence-electron chi connectivity index (χ2n) is 6.72. The molecule has 1 atom stereocenters. The van der Waals surface area contributed by atoms with E-state index in [4.69, 9.17) is 0 Å². The average molecular weight is 326 g/mol. The Morgan fingerprint density at radius 2 is 2.04 bits per heavy atom. The molecule has 1 fully saturated rings. The highest BCUT2D eigenvalue weighted by Crippen LogP contribution is 2.18. The Morgan fingerprint density at radius 3 is 2.67 bits per heavy atom. The molecule has 5 heteroatoms. The monoisotopic (exact) mass is 326 g/mol. The second-order valence-corrected chi connectivity index (χ2v) is 6.72. The van der Waals surface area contributed by atoms with Gasteiger partial charge in [-0.1, -0.05) is 37.3 Å². The standard InChI is InChI=1S/C19H26N4O/c1-13(17-9-20-10-17)19(24)21-11-18-14(2)22-23(15(18)3)12-16-7-5-4-6-8-16/h4-8,13,17,20H,9-12H2,1-3H3,(H,21,24). The maximum Gasteiger partial charge on any atom is 0.223 e. The summed E-state index contributed by atoms with van der Waals surface area (Å²) >= 11 is 0. The lowest BCUT2D eigenvalue weighted by Crippen LogP contribution is -2.49. The van der Waals surface area contributed by atoms with Gasteiger partial charge in [0.05, 0.1) is 12.2 Å². The Bertz CT molecular complexity index is 704. The van der Waals surface area contributed by atoms with Crippen LogP contribution in [-0.2, 0) is 17.9 Å². The van der Waals surface area contributed by atoms with Crippen LogP contribution in [-0.4, -0.2) is 28.8 Å². The van der Waals surface area contributed by atoms with Crippen LogP contribution in [0.25, 0.3) is 0 Å². The number of hydrogen-bond donors (Lipinski definition) is 2.